The Morgan fingerprint density at radius 1 is 0.765 bits per heavy atom. The monoisotopic (exact) mass is 224 g/mol. The second-order valence-corrected chi connectivity index (χ2v) is 3.79. The maximum Gasteiger partial charge on any atom is 0.134 e. The van der Waals surface area contributed by atoms with Gasteiger partial charge in [0.05, 0.1) is 6.26 Å². The zero-order valence-electron chi connectivity index (χ0n) is 9.30. The van der Waals surface area contributed by atoms with Crippen LogP contribution >= 0.6 is 0 Å². The fourth-order valence-electron chi connectivity index (χ4n) is 1.91. The molecule has 0 unspecified atom stereocenters. The van der Waals surface area contributed by atoms with Gasteiger partial charge in [0.2, 0.25) is 0 Å². The fourth-order valence-corrected chi connectivity index (χ4v) is 1.91. The molecule has 0 spiro atoms. The zero-order valence-corrected chi connectivity index (χ0v) is 9.30. The number of benzene rings is 2. The highest BCUT2D eigenvalue weighted by atomic mass is 16.5. The minimum atomic E-state index is 0.519. The van der Waals surface area contributed by atoms with Crippen LogP contribution in [0.2, 0.25) is 0 Å². The molecule has 2 heteroatoms. The van der Waals surface area contributed by atoms with Crippen LogP contribution in [0.3, 0.4) is 0 Å². The van der Waals surface area contributed by atoms with E-state index in [1.807, 2.05) is 54.6 Å². The van der Waals surface area contributed by atoms with Gasteiger partial charge < -0.3 is 9.47 Å². The van der Waals surface area contributed by atoms with Crippen molar-refractivity contribution in [3.05, 3.63) is 60.9 Å². The molecule has 0 saturated carbocycles. The quantitative estimate of drug-likeness (QED) is 0.680. The summed E-state index contributed by atoms with van der Waals surface area (Å²) >= 11 is 0. The van der Waals surface area contributed by atoms with Crippen molar-refractivity contribution in [3.63, 3.8) is 0 Å². The van der Waals surface area contributed by atoms with Crippen LogP contribution in [0.5, 0.6) is 11.5 Å². The van der Waals surface area contributed by atoms with Crippen molar-refractivity contribution in [2.45, 2.75) is 0 Å². The van der Waals surface area contributed by atoms with Crippen LogP contribution in [0.15, 0.2) is 60.9 Å². The summed E-state index contributed by atoms with van der Waals surface area (Å²) < 4.78 is 11.3. The molecular weight excluding hydrogens is 212 g/mol. The highest BCUT2D eigenvalue weighted by Gasteiger charge is 2.11. The molecule has 2 aromatic rings. The summed E-state index contributed by atoms with van der Waals surface area (Å²) in [5.41, 5.74) is 2.11. The minimum absolute atomic E-state index is 0.519. The largest absolute Gasteiger partial charge is 0.489 e. The minimum Gasteiger partial charge on any atom is -0.489 e. The smallest absolute Gasteiger partial charge is 0.134 e. The molecule has 0 N–H and O–H groups in total. The van der Waals surface area contributed by atoms with Gasteiger partial charge in [0.15, 0.2) is 0 Å². The molecular formula is C15H12O2. The van der Waals surface area contributed by atoms with Gasteiger partial charge in [0.1, 0.15) is 18.1 Å². The molecule has 0 radical (unpaired) electrons. The third kappa shape index (κ3) is 1.89. The first kappa shape index (κ1) is 9.97. The Hall–Kier alpha value is -2.22. The number of hydrogen-bond donors (Lipinski definition) is 0. The van der Waals surface area contributed by atoms with Gasteiger partial charge in [-0.25, -0.2) is 0 Å². The van der Waals surface area contributed by atoms with Crippen molar-refractivity contribution in [3.8, 4) is 22.6 Å². The van der Waals surface area contributed by atoms with E-state index in [1.54, 1.807) is 6.26 Å². The van der Waals surface area contributed by atoms with Gasteiger partial charge in [-0.05, 0) is 18.2 Å². The first-order valence-corrected chi connectivity index (χ1v) is 5.58. The maximum absolute atomic E-state index is 5.70. The molecule has 3 rings (SSSR count). The van der Waals surface area contributed by atoms with E-state index in [0.29, 0.717) is 6.61 Å². The summed E-state index contributed by atoms with van der Waals surface area (Å²) in [6, 6.07) is 16.0. The van der Waals surface area contributed by atoms with E-state index in [4.69, 9.17) is 9.47 Å². The van der Waals surface area contributed by atoms with Crippen LogP contribution in [0.1, 0.15) is 0 Å². The maximum atomic E-state index is 5.70. The molecule has 0 fully saturated rings. The average molecular weight is 224 g/mol. The van der Waals surface area contributed by atoms with Gasteiger partial charge in [0.25, 0.3) is 0 Å². The van der Waals surface area contributed by atoms with E-state index in [0.717, 1.165) is 22.6 Å². The lowest BCUT2D eigenvalue weighted by molar-refractivity contribution is 0.361. The number of para-hydroxylation sites is 2. The zero-order chi connectivity index (χ0) is 11.5. The molecule has 0 amide bonds. The highest BCUT2D eigenvalue weighted by molar-refractivity contribution is 5.75. The number of ether oxygens (including phenoxy) is 2. The summed E-state index contributed by atoms with van der Waals surface area (Å²) in [4.78, 5) is 0. The Bertz CT molecular complexity index is 558. The van der Waals surface area contributed by atoms with Gasteiger partial charge in [-0.15, -0.1) is 0 Å². The van der Waals surface area contributed by atoms with Gasteiger partial charge >= 0.3 is 0 Å². The first-order chi connectivity index (χ1) is 8.45. The van der Waals surface area contributed by atoms with Crippen molar-refractivity contribution in [1.29, 1.82) is 0 Å². The van der Waals surface area contributed by atoms with E-state index in [-0.39, 0.29) is 0 Å². The van der Waals surface area contributed by atoms with Gasteiger partial charge in [0, 0.05) is 11.1 Å². The highest BCUT2D eigenvalue weighted by Crippen LogP contribution is 2.36. The Kier molecular flexibility index (Phi) is 2.54. The molecule has 0 atom stereocenters. The molecule has 1 heterocycles. The van der Waals surface area contributed by atoms with Crippen LogP contribution in [0, 0.1) is 0 Å². The van der Waals surface area contributed by atoms with E-state index in [1.165, 1.54) is 0 Å². The second kappa shape index (κ2) is 4.34. The first-order valence-electron chi connectivity index (χ1n) is 5.58. The van der Waals surface area contributed by atoms with Gasteiger partial charge in [-0.3, -0.25) is 0 Å². The average Bonchev–Trinajstić information content (AvgIpc) is 2.47. The molecule has 0 aromatic heterocycles. The predicted octanol–water partition coefficient (Wildman–Crippen LogP) is 3.64. The van der Waals surface area contributed by atoms with E-state index < -0.39 is 0 Å². The van der Waals surface area contributed by atoms with E-state index >= 15 is 0 Å². The Balaban J connectivity index is 2.22. The molecule has 0 bridgehead atoms. The lowest BCUT2D eigenvalue weighted by atomic mass is 10.0. The van der Waals surface area contributed by atoms with Crippen LogP contribution in [0.25, 0.3) is 11.1 Å². The summed E-state index contributed by atoms with van der Waals surface area (Å²) in [5, 5.41) is 0. The van der Waals surface area contributed by atoms with Crippen molar-refractivity contribution < 1.29 is 9.47 Å². The summed E-state index contributed by atoms with van der Waals surface area (Å²) in [6.45, 7) is 0.519. The third-order valence-corrected chi connectivity index (χ3v) is 2.69. The Morgan fingerprint density at radius 2 is 1.41 bits per heavy atom. The van der Waals surface area contributed by atoms with E-state index in [9.17, 15) is 0 Å². The summed E-state index contributed by atoms with van der Waals surface area (Å²) in [7, 11) is 0. The number of fused-ring (bicyclic) bond motifs is 3. The van der Waals surface area contributed by atoms with Gasteiger partial charge in [-0.2, -0.15) is 0 Å². The molecule has 0 saturated heterocycles. The SMILES string of the molecule is C1=C\Oc2ccccc2-c2ccccc2OC/1. The summed E-state index contributed by atoms with van der Waals surface area (Å²) in [6.07, 6.45) is 3.53. The Morgan fingerprint density at radius 3 is 2.24 bits per heavy atom. The molecule has 17 heavy (non-hydrogen) atoms. The molecule has 2 nitrogen and oxygen atoms in total. The molecule has 84 valence electrons. The molecule has 1 aliphatic heterocycles. The van der Waals surface area contributed by atoms with Crippen LogP contribution in [-0.4, -0.2) is 6.61 Å². The van der Waals surface area contributed by atoms with Crippen molar-refractivity contribution in [1.82, 2.24) is 0 Å². The second-order valence-electron chi connectivity index (χ2n) is 3.79. The molecule has 0 aliphatic carbocycles. The topological polar surface area (TPSA) is 18.5 Å². The standard InChI is InChI=1S/C15H12O2/c1-3-8-14-12(6-1)13-7-2-4-9-15(13)17-11-5-10-16-14/h1-10H,11H2/b10-5-. The summed E-state index contributed by atoms with van der Waals surface area (Å²) in [5.74, 6) is 1.73. The van der Waals surface area contributed by atoms with Crippen LogP contribution < -0.4 is 9.47 Å². The third-order valence-electron chi connectivity index (χ3n) is 2.69. The van der Waals surface area contributed by atoms with Crippen LogP contribution in [-0.2, 0) is 0 Å². The Labute approximate surface area is 100 Å². The van der Waals surface area contributed by atoms with Crippen molar-refractivity contribution in [2.75, 3.05) is 6.61 Å². The fraction of sp³-hybridized carbons (Fsp3) is 0.0667. The predicted molar refractivity (Wildman–Crippen MR) is 67.1 cm³/mol. The van der Waals surface area contributed by atoms with Crippen LogP contribution in [0.4, 0.5) is 0 Å². The number of hydrogen-bond acceptors (Lipinski definition) is 2. The lowest BCUT2D eigenvalue weighted by Gasteiger charge is -2.11. The lowest BCUT2D eigenvalue weighted by Crippen LogP contribution is -1.94. The number of rotatable bonds is 0. The normalized spacial score (nSPS) is 15.1. The van der Waals surface area contributed by atoms with Crippen molar-refractivity contribution in [2.24, 2.45) is 0 Å². The van der Waals surface area contributed by atoms with Gasteiger partial charge in [-0.1, -0.05) is 36.4 Å². The molecule has 1 aliphatic rings. The van der Waals surface area contributed by atoms with Crippen molar-refractivity contribution >= 4 is 0 Å². The van der Waals surface area contributed by atoms with E-state index in [2.05, 4.69) is 0 Å². The molecule has 2 aromatic carbocycles.